The fourth-order valence-electron chi connectivity index (χ4n) is 3.57. The number of fused-ring (bicyclic) bond motifs is 1. The second-order valence-electron chi connectivity index (χ2n) is 8.29. The lowest BCUT2D eigenvalue weighted by molar-refractivity contribution is 0.0210. The molecule has 0 atom stereocenters. The molecule has 1 aliphatic rings. The lowest BCUT2D eigenvalue weighted by Crippen LogP contribution is -2.44. The summed E-state index contributed by atoms with van der Waals surface area (Å²) in [5, 5.41) is 18.8. The molecule has 3 rings (SSSR count). The summed E-state index contributed by atoms with van der Waals surface area (Å²) in [5.41, 5.74) is 2.85. The van der Waals surface area contributed by atoms with Crippen molar-refractivity contribution in [1.29, 1.82) is 0 Å². The Morgan fingerprint density at radius 1 is 1.36 bits per heavy atom. The van der Waals surface area contributed by atoms with Gasteiger partial charge < -0.3 is 20.1 Å². The fraction of sp³-hybridized carbons (Fsp3) is 0.650. The van der Waals surface area contributed by atoms with Gasteiger partial charge in [-0.15, -0.1) is 0 Å². The van der Waals surface area contributed by atoms with E-state index in [9.17, 15) is 9.90 Å². The van der Waals surface area contributed by atoms with E-state index >= 15 is 0 Å². The van der Waals surface area contributed by atoms with E-state index in [-0.39, 0.29) is 18.7 Å². The SMILES string of the molecule is CCn1ncc2c(NC3CCN(C(=O)OC(C)(C)C)CC3)c(CO)c(C)nc21. The van der Waals surface area contributed by atoms with Crippen LogP contribution >= 0.6 is 0 Å². The molecule has 1 fully saturated rings. The molecular formula is C20H31N5O3. The second kappa shape index (κ2) is 7.95. The fourth-order valence-corrected chi connectivity index (χ4v) is 3.57. The number of anilines is 1. The van der Waals surface area contributed by atoms with Crippen molar-refractivity contribution in [3.63, 3.8) is 0 Å². The Kier molecular flexibility index (Phi) is 5.79. The highest BCUT2D eigenvalue weighted by molar-refractivity contribution is 5.91. The molecular weight excluding hydrogens is 358 g/mol. The molecule has 8 heteroatoms. The van der Waals surface area contributed by atoms with Crippen molar-refractivity contribution in [1.82, 2.24) is 19.7 Å². The Balaban J connectivity index is 1.75. The van der Waals surface area contributed by atoms with Crippen LogP contribution in [-0.4, -0.2) is 55.6 Å². The topological polar surface area (TPSA) is 92.5 Å². The smallest absolute Gasteiger partial charge is 0.410 e. The molecule has 0 saturated carbocycles. The summed E-state index contributed by atoms with van der Waals surface area (Å²) < 4.78 is 7.33. The van der Waals surface area contributed by atoms with Crippen LogP contribution < -0.4 is 5.32 Å². The van der Waals surface area contributed by atoms with Crippen LogP contribution in [0.1, 0.15) is 51.8 Å². The summed E-state index contributed by atoms with van der Waals surface area (Å²) in [6.07, 6.45) is 3.18. The van der Waals surface area contributed by atoms with Crippen LogP contribution in [0.2, 0.25) is 0 Å². The quantitative estimate of drug-likeness (QED) is 0.835. The summed E-state index contributed by atoms with van der Waals surface area (Å²) >= 11 is 0. The number of carbonyl (C=O) groups is 1. The van der Waals surface area contributed by atoms with E-state index in [1.165, 1.54) is 0 Å². The second-order valence-corrected chi connectivity index (χ2v) is 8.29. The van der Waals surface area contributed by atoms with E-state index in [1.807, 2.05) is 45.5 Å². The monoisotopic (exact) mass is 389 g/mol. The molecule has 0 spiro atoms. The van der Waals surface area contributed by atoms with Crippen molar-refractivity contribution >= 4 is 22.8 Å². The summed E-state index contributed by atoms with van der Waals surface area (Å²) in [7, 11) is 0. The first-order valence-electron chi connectivity index (χ1n) is 9.93. The van der Waals surface area contributed by atoms with Crippen LogP contribution in [-0.2, 0) is 17.9 Å². The molecule has 1 amide bonds. The van der Waals surface area contributed by atoms with Gasteiger partial charge in [-0.25, -0.2) is 14.5 Å². The van der Waals surface area contributed by atoms with Crippen molar-refractivity contribution < 1.29 is 14.6 Å². The van der Waals surface area contributed by atoms with E-state index < -0.39 is 5.60 Å². The van der Waals surface area contributed by atoms with Gasteiger partial charge in [-0.05, 0) is 47.5 Å². The summed E-state index contributed by atoms with van der Waals surface area (Å²) in [5.74, 6) is 0. The molecule has 3 heterocycles. The number of aryl methyl sites for hydroxylation is 2. The minimum absolute atomic E-state index is 0.0782. The van der Waals surface area contributed by atoms with Crippen molar-refractivity contribution in [3.05, 3.63) is 17.5 Å². The zero-order chi connectivity index (χ0) is 20.5. The highest BCUT2D eigenvalue weighted by atomic mass is 16.6. The van der Waals surface area contributed by atoms with E-state index in [4.69, 9.17) is 4.74 Å². The van der Waals surface area contributed by atoms with Crippen LogP contribution in [0.3, 0.4) is 0 Å². The molecule has 8 nitrogen and oxygen atoms in total. The van der Waals surface area contributed by atoms with Crippen LogP contribution in [0.25, 0.3) is 11.0 Å². The number of likely N-dealkylation sites (tertiary alicyclic amines) is 1. The standard InChI is InChI=1S/C20H31N5O3/c1-6-25-18-15(11-21-25)17(16(12-26)13(2)22-18)23-14-7-9-24(10-8-14)19(27)28-20(3,4)5/h11,14,26H,6-10,12H2,1-5H3,(H,22,23). The van der Waals surface area contributed by atoms with E-state index in [0.717, 1.165) is 47.4 Å². The van der Waals surface area contributed by atoms with E-state index in [2.05, 4.69) is 15.4 Å². The molecule has 154 valence electrons. The molecule has 28 heavy (non-hydrogen) atoms. The zero-order valence-corrected chi connectivity index (χ0v) is 17.4. The molecule has 0 aliphatic carbocycles. The van der Waals surface area contributed by atoms with Gasteiger partial charge in [-0.1, -0.05) is 0 Å². The number of aromatic nitrogens is 3. The maximum atomic E-state index is 12.3. The van der Waals surface area contributed by atoms with Gasteiger partial charge >= 0.3 is 6.09 Å². The first kappa shape index (κ1) is 20.4. The number of rotatable bonds is 4. The Morgan fingerprint density at radius 3 is 2.61 bits per heavy atom. The normalized spacial score (nSPS) is 15.9. The van der Waals surface area contributed by atoms with Gasteiger partial charge in [0.15, 0.2) is 5.65 Å². The van der Waals surface area contributed by atoms with Crippen molar-refractivity contribution in [2.75, 3.05) is 18.4 Å². The molecule has 0 unspecified atom stereocenters. The van der Waals surface area contributed by atoms with Crippen molar-refractivity contribution in [3.8, 4) is 0 Å². The first-order chi connectivity index (χ1) is 13.2. The Hall–Kier alpha value is -2.35. The molecule has 0 aromatic carbocycles. The zero-order valence-electron chi connectivity index (χ0n) is 17.4. The maximum absolute atomic E-state index is 12.3. The third-order valence-corrected chi connectivity index (χ3v) is 5.05. The predicted octanol–water partition coefficient (Wildman–Crippen LogP) is 3.06. The number of carbonyl (C=O) groups excluding carboxylic acids is 1. The molecule has 1 aliphatic heterocycles. The molecule has 2 aromatic heterocycles. The van der Waals surface area contributed by atoms with Crippen molar-refractivity contribution in [2.24, 2.45) is 0 Å². The number of hydrogen-bond donors (Lipinski definition) is 2. The maximum Gasteiger partial charge on any atom is 0.410 e. The highest BCUT2D eigenvalue weighted by Crippen LogP contribution is 2.30. The van der Waals surface area contributed by atoms with Crippen LogP contribution in [0.4, 0.5) is 10.5 Å². The van der Waals surface area contributed by atoms with Gasteiger partial charge in [0.05, 0.1) is 23.9 Å². The summed E-state index contributed by atoms with van der Waals surface area (Å²) in [4.78, 5) is 18.7. The first-order valence-corrected chi connectivity index (χ1v) is 9.93. The average molecular weight is 390 g/mol. The number of hydrogen-bond acceptors (Lipinski definition) is 6. The van der Waals surface area contributed by atoms with E-state index in [1.54, 1.807) is 4.90 Å². The minimum atomic E-state index is -0.484. The third-order valence-electron chi connectivity index (χ3n) is 5.05. The number of aliphatic hydroxyl groups excluding tert-OH is 1. The van der Waals surface area contributed by atoms with Gasteiger partial charge in [-0.3, -0.25) is 0 Å². The number of aliphatic hydroxyl groups is 1. The molecule has 2 N–H and O–H groups in total. The van der Waals surface area contributed by atoms with Crippen LogP contribution in [0.15, 0.2) is 6.20 Å². The number of nitrogens with one attached hydrogen (secondary N) is 1. The molecule has 0 bridgehead atoms. The van der Waals surface area contributed by atoms with Crippen LogP contribution in [0.5, 0.6) is 0 Å². The van der Waals surface area contributed by atoms with Gasteiger partial charge in [0.1, 0.15) is 5.60 Å². The number of nitrogens with zero attached hydrogens (tertiary/aromatic N) is 4. The van der Waals surface area contributed by atoms with Crippen molar-refractivity contribution in [2.45, 2.75) is 72.3 Å². The van der Waals surface area contributed by atoms with Gasteiger partial charge in [-0.2, -0.15) is 5.10 Å². The minimum Gasteiger partial charge on any atom is -0.444 e. The predicted molar refractivity (Wildman–Crippen MR) is 108 cm³/mol. The largest absolute Gasteiger partial charge is 0.444 e. The lowest BCUT2D eigenvalue weighted by Gasteiger charge is -2.34. The number of pyridine rings is 1. The van der Waals surface area contributed by atoms with Gasteiger partial charge in [0.2, 0.25) is 0 Å². The Morgan fingerprint density at radius 2 is 2.04 bits per heavy atom. The lowest BCUT2D eigenvalue weighted by atomic mass is 10.0. The third kappa shape index (κ3) is 4.22. The van der Waals surface area contributed by atoms with E-state index in [0.29, 0.717) is 13.1 Å². The average Bonchev–Trinajstić information content (AvgIpc) is 3.03. The summed E-state index contributed by atoms with van der Waals surface area (Å²) in [6.45, 7) is 11.5. The van der Waals surface area contributed by atoms with Gasteiger partial charge in [0, 0.05) is 36.9 Å². The Labute approximate surface area is 165 Å². The highest BCUT2D eigenvalue weighted by Gasteiger charge is 2.28. The number of ether oxygens (including phenoxy) is 1. The van der Waals surface area contributed by atoms with Crippen LogP contribution in [0, 0.1) is 6.92 Å². The summed E-state index contributed by atoms with van der Waals surface area (Å²) in [6, 6.07) is 0.207. The molecule has 2 aromatic rings. The van der Waals surface area contributed by atoms with Gasteiger partial charge in [0.25, 0.3) is 0 Å². The molecule has 0 radical (unpaired) electrons. The Bertz CT molecular complexity index is 848. The number of piperidine rings is 1. The number of amides is 1. The molecule has 1 saturated heterocycles.